The molecule has 2 fully saturated rings. The fourth-order valence-corrected chi connectivity index (χ4v) is 4.05. The highest BCUT2D eigenvalue weighted by molar-refractivity contribution is 4.98. The summed E-state index contributed by atoms with van der Waals surface area (Å²) in [5.41, 5.74) is 6.12. The van der Waals surface area contributed by atoms with Crippen molar-refractivity contribution in [2.24, 2.45) is 11.7 Å². The summed E-state index contributed by atoms with van der Waals surface area (Å²) in [7, 11) is 0. The van der Waals surface area contributed by atoms with Gasteiger partial charge in [0.1, 0.15) is 0 Å². The molecule has 1 saturated heterocycles. The quantitative estimate of drug-likeness (QED) is 0.866. The molecule has 124 valence electrons. The molecule has 0 amide bonds. The molecule has 2 N–H and O–H groups in total. The molecule has 2 atom stereocenters. The third-order valence-corrected chi connectivity index (χ3v) is 5.33. The van der Waals surface area contributed by atoms with Crippen LogP contribution in [0.3, 0.4) is 0 Å². The van der Waals surface area contributed by atoms with Crippen LogP contribution in [0.25, 0.3) is 0 Å². The minimum absolute atomic E-state index is 0.0310. The van der Waals surface area contributed by atoms with E-state index in [2.05, 4.69) is 11.8 Å². The molecule has 3 nitrogen and oxygen atoms in total. The lowest BCUT2D eigenvalue weighted by Gasteiger charge is -2.51. The second-order valence-corrected chi connectivity index (χ2v) is 6.68. The molecule has 1 saturated carbocycles. The van der Waals surface area contributed by atoms with E-state index in [0.29, 0.717) is 32.7 Å². The van der Waals surface area contributed by atoms with E-state index in [1.807, 2.05) is 0 Å². The molecule has 0 aromatic rings. The lowest BCUT2D eigenvalue weighted by molar-refractivity contribution is -0.151. The Morgan fingerprint density at radius 2 is 1.86 bits per heavy atom. The molecule has 0 spiro atoms. The Kier molecular flexibility index (Phi) is 5.54. The maximum atomic E-state index is 12.5. The highest BCUT2D eigenvalue weighted by Gasteiger charge is 2.41. The van der Waals surface area contributed by atoms with Gasteiger partial charge in [0.25, 0.3) is 0 Å². The van der Waals surface area contributed by atoms with Crippen molar-refractivity contribution in [2.45, 2.75) is 50.7 Å². The topological polar surface area (TPSA) is 32.5 Å². The average molecular weight is 307 g/mol. The normalized spacial score (nSPS) is 33.3. The number of nitrogens with zero attached hydrogens (tertiary/aromatic N) is 2. The van der Waals surface area contributed by atoms with Gasteiger partial charge in [0, 0.05) is 38.3 Å². The van der Waals surface area contributed by atoms with Crippen molar-refractivity contribution in [2.75, 3.05) is 39.3 Å². The fraction of sp³-hybridized carbons (Fsp3) is 1.00. The molecule has 0 aromatic heterocycles. The van der Waals surface area contributed by atoms with Crippen LogP contribution < -0.4 is 5.73 Å². The van der Waals surface area contributed by atoms with Crippen LogP contribution in [-0.4, -0.2) is 60.8 Å². The zero-order chi connectivity index (χ0) is 15.5. The molecular weight excluding hydrogens is 279 g/mol. The van der Waals surface area contributed by atoms with Crippen molar-refractivity contribution < 1.29 is 13.2 Å². The summed E-state index contributed by atoms with van der Waals surface area (Å²) in [6.07, 6.45) is 1.75. The first-order valence-corrected chi connectivity index (χ1v) is 8.13. The molecule has 2 unspecified atom stereocenters. The van der Waals surface area contributed by atoms with E-state index in [1.54, 1.807) is 0 Å². The van der Waals surface area contributed by atoms with Gasteiger partial charge >= 0.3 is 6.18 Å². The van der Waals surface area contributed by atoms with Gasteiger partial charge in [0.2, 0.25) is 0 Å². The molecule has 0 aromatic carbocycles. The zero-order valence-corrected chi connectivity index (χ0v) is 13.0. The molecule has 2 aliphatic rings. The standard InChI is InChI=1S/C15H28F3N3/c1-2-13-4-3-5-14(10-13,11-19)21-8-6-20(7-9-21)12-15(16,17)18/h13H,2-12,19H2,1H3. The van der Waals surface area contributed by atoms with Gasteiger partial charge < -0.3 is 5.73 Å². The van der Waals surface area contributed by atoms with E-state index in [9.17, 15) is 13.2 Å². The molecule has 1 aliphatic carbocycles. The van der Waals surface area contributed by atoms with Crippen molar-refractivity contribution in [3.05, 3.63) is 0 Å². The second kappa shape index (κ2) is 6.84. The molecule has 21 heavy (non-hydrogen) atoms. The molecule has 2 rings (SSSR count). The third kappa shape index (κ3) is 4.33. The number of piperazine rings is 1. The number of alkyl halides is 3. The van der Waals surface area contributed by atoms with Crippen LogP contribution in [0.5, 0.6) is 0 Å². The van der Waals surface area contributed by atoms with E-state index in [0.717, 1.165) is 18.8 Å². The maximum Gasteiger partial charge on any atom is 0.401 e. The van der Waals surface area contributed by atoms with Gasteiger partial charge in [-0.2, -0.15) is 13.2 Å². The Labute approximate surface area is 125 Å². The van der Waals surface area contributed by atoms with Crippen LogP contribution in [0.1, 0.15) is 39.0 Å². The summed E-state index contributed by atoms with van der Waals surface area (Å²) in [5.74, 6) is 0.718. The number of hydrogen-bond donors (Lipinski definition) is 1. The van der Waals surface area contributed by atoms with Gasteiger partial charge in [-0.25, -0.2) is 0 Å². The van der Waals surface area contributed by atoms with Crippen molar-refractivity contribution in [1.29, 1.82) is 0 Å². The van der Waals surface area contributed by atoms with Crippen LogP contribution in [0.2, 0.25) is 0 Å². The van der Waals surface area contributed by atoms with Crippen molar-refractivity contribution >= 4 is 0 Å². The summed E-state index contributed by atoms with van der Waals surface area (Å²) in [6, 6.07) is 0. The van der Waals surface area contributed by atoms with Gasteiger partial charge in [-0.15, -0.1) is 0 Å². The van der Waals surface area contributed by atoms with E-state index in [1.165, 1.54) is 24.2 Å². The van der Waals surface area contributed by atoms with E-state index >= 15 is 0 Å². The SMILES string of the molecule is CCC1CCCC(CN)(N2CCN(CC(F)(F)F)CC2)C1. The second-order valence-electron chi connectivity index (χ2n) is 6.68. The van der Waals surface area contributed by atoms with E-state index in [4.69, 9.17) is 5.73 Å². The Morgan fingerprint density at radius 1 is 1.19 bits per heavy atom. The first-order valence-electron chi connectivity index (χ1n) is 8.13. The summed E-state index contributed by atoms with van der Waals surface area (Å²) < 4.78 is 37.4. The first-order chi connectivity index (χ1) is 9.88. The molecule has 1 heterocycles. The van der Waals surface area contributed by atoms with Crippen molar-refractivity contribution in [3.8, 4) is 0 Å². The number of halogens is 3. The zero-order valence-electron chi connectivity index (χ0n) is 13.0. The largest absolute Gasteiger partial charge is 0.401 e. The van der Waals surface area contributed by atoms with Gasteiger partial charge in [-0.05, 0) is 18.8 Å². The van der Waals surface area contributed by atoms with Gasteiger partial charge in [-0.1, -0.05) is 26.2 Å². The highest BCUT2D eigenvalue weighted by Crippen LogP contribution is 2.38. The molecule has 6 heteroatoms. The van der Waals surface area contributed by atoms with Crippen LogP contribution in [0.15, 0.2) is 0 Å². The Balaban J connectivity index is 1.93. The molecule has 1 aliphatic heterocycles. The van der Waals surface area contributed by atoms with Crippen LogP contribution >= 0.6 is 0 Å². The van der Waals surface area contributed by atoms with Crippen LogP contribution in [0, 0.1) is 5.92 Å². The lowest BCUT2D eigenvalue weighted by Crippen LogP contribution is -2.62. The minimum atomic E-state index is -4.09. The van der Waals surface area contributed by atoms with Crippen molar-refractivity contribution in [1.82, 2.24) is 9.80 Å². The van der Waals surface area contributed by atoms with Gasteiger partial charge in [-0.3, -0.25) is 9.80 Å². The van der Waals surface area contributed by atoms with Gasteiger partial charge in [0.05, 0.1) is 6.54 Å². The van der Waals surface area contributed by atoms with Crippen LogP contribution in [-0.2, 0) is 0 Å². The van der Waals surface area contributed by atoms with E-state index < -0.39 is 12.7 Å². The van der Waals surface area contributed by atoms with Gasteiger partial charge in [0.15, 0.2) is 0 Å². The summed E-state index contributed by atoms with van der Waals surface area (Å²) in [5, 5.41) is 0. The third-order valence-electron chi connectivity index (χ3n) is 5.33. The predicted octanol–water partition coefficient (Wildman–Crippen LogP) is 2.46. The summed E-state index contributed by atoms with van der Waals surface area (Å²) in [6.45, 7) is 4.49. The summed E-state index contributed by atoms with van der Waals surface area (Å²) >= 11 is 0. The maximum absolute atomic E-state index is 12.5. The monoisotopic (exact) mass is 307 g/mol. The fourth-order valence-electron chi connectivity index (χ4n) is 4.05. The molecular formula is C15H28F3N3. The first kappa shape index (κ1) is 17.0. The van der Waals surface area contributed by atoms with Crippen molar-refractivity contribution in [3.63, 3.8) is 0 Å². The summed E-state index contributed by atoms with van der Waals surface area (Å²) in [4.78, 5) is 3.89. The van der Waals surface area contributed by atoms with E-state index in [-0.39, 0.29) is 5.54 Å². The Bertz CT molecular complexity index is 327. The Morgan fingerprint density at radius 3 is 2.38 bits per heavy atom. The van der Waals surface area contributed by atoms with Crippen LogP contribution in [0.4, 0.5) is 13.2 Å². The molecule has 0 bridgehead atoms. The highest BCUT2D eigenvalue weighted by atomic mass is 19.4. The average Bonchev–Trinajstić information content (AvgIpc) is 2.46. The Hall–Kier alpha value is -0.330. The smallest absolute Gasteiger partial charge is 0.329 e. The predicted molar refractivity (Wildman–Crippen MR) is 78.1 cm³/mol. The lowest BCUT2D eigenvalue weighted by atomic mass is 9.73. The number of hydrogen-bond acceptors (Lipinski definition) is 3. The molecule has 0 radical (unpaired) electrons. The number of rotatable bonds is 4. The number of nitrogens with two attached hydrogens (primary N) is 1. The minimum Gasteiger partial charge on any atom is -0.329 e.